The van der Waals surface area contributed by atoms with Crippen LogP contribution in [0.4, 0.5) is 0 Å². The van der Waals surface area contributed by atoms with Gasteiger partial charge in [0, 0.05) is 18.0 Å². The fourth-order valence-electron chi connectivity index (χ4n) is 1.68. The fourth-order valence-corrected chi connectivity index (χ4v) is 1.68. The maximum atomic E-state index is 11.9. The average Bonchev–Trinajstić information content (AvgIpc) is 2.43. The molecule has 1 aromatic carbocycles. The minimum Gasteiger partial charge on any atom is -0.480 e. The van der Waals surface area contributed by atoms with Crippen molar-refractivity contribution in [2.45, 2.75) is 19.4 Å². The van der Waals surface area contributed by atoms with E-state index in [9.17, 15) is 9.59 Å². The van der Waals surface area contributed by atoms with E-state index in [0.29, 0.717) is 23.0 Å². The van der Waals surface area contributed by atoms with Crippen LogP contribution in [-0.4, -0.2) is 33.0 Å². The zero-order valence-electron chi connectivity index (χ0n) is 10.3. The van der Waals surface area contributed by atoms with Gasteiger partial charge in [-0.25, -0.2) is 4.79 Å². The highest BCUT2D eigenvalue weighted by atomic mass is 16.4. The van der Waals surface area contributed by atoms with Gasteiger partial charge >= 0.3 is 5.97 Å². The molecule has 19 heavy (non-hydrogen) atoms. The molecule has 2 rings (SSSR count). The fraction of sp³-hybridized carbons (Fsp3) is 0.231. The van der Waals surface area contributed by atoms with Crippen LogP contribution in [0.5, 0.6) is 0 Å². The van der Waals surface area contributed by atoms with Crippen LogP contribution in [0.25, 0.3) is 11.0 Å². The molecule has 0 spiro atoms. The standard InChI is InChI=1S/C13H13N3O3/c1-2-9(13(18)19)16-12(17)8-3-4-10-11(7-8)15-6-5-14-10/h3-7,9H,2H2,1H3,(H,16,17)(H,18,19)/t9-/m0/s1. The SMILES string of the molecule is CC[C@H](NC(=O)c1ccc2nccnc2c1)C(=O)O. The van der Waals surface area contributed by atoms with Crippen LogP contribution in [0.3, 0.4) is 0 Å². The summed E-state index contributed by atoms with van der Waals surface area (Å²) in [5.41, 5.74) is 1.65. The number of rotatable bonds is 4. The molecule has 6 nitrogen and oxygen atoms in total. The van der Waals surface area contributed by atoms with Gasteiger partial charge in [0.1, 0.15) is 6.04 Å². The highest BCUT2D eigenvalue weighted by Gasteiger charge is 2.18. The summed E-state index contributed by atoms with van der Waals surface area (Å²) in [6.07, 6.45) is 3.43. The van der Waals surface area contributed by atoms with Crippen molar-refractivity contribution in [1.82, 2.24) is 15.3 Å². The number of fused-ring (bicyclic) bond motifs is 1. The van der Waals surface area contributed by atoms with Gasteiger partial charge in [0.15, 0.2) is 0 Å². The van der Waals surface area contributed by atoms with Crippen LogP contribution in [0.1, 0.15) is 23.7 Å². The topological polar surface area (TPSA) is 92.2 Å². The lowest BCUT2D eigenvalue weighted by atomic mass is 10.1. The molecule has 0 aliphatic heterocycles. The zero-order valence-corrected chi connectivity index (χ0v) is 10.3. The van der Waals surface area contributed by atoms with Crippen molar-refractivity contribution < 1.29 is 14.7 Å². The maximum Gasteiger partial charge on any atom is 0.326 e. The average molecular weight is 259 g/mol. The van der Waals surface area contributed by atoms with Gasteiger partial charge in [-0.2, -0.15) is 0 Å². The number of carbonyl (C=O) groups excluding carboxylic acids is 1. The Kier molecular flexibility index (Phi) is 3.70. The van der Waals surface area contributed by atoms with Crippen molar-refractivity contribution in [3.63, 3.8) is 0 Å². The number of hydrogen-bond acceptors (Lipinski definition) is 4. The van der Waals surface area contributed by atoms with Crippen molar-refractivity contribution >= 4 is 22.9 Å². The Morgan fingerprint density at radius 1 is 1.26 bits per heavy atom. The van der Waals surface area contributed by atoms with Crippen molar-refractivity contribution in [1.29, 1.82) is 0 Å². The summed E-state index contributed by atoms with van der Waals surface area (Å²) in [6.45, 7) is 1.70. The highest BCUT2D eigenvalue weighted by molar-refractivity contribution is 5.99. The molecule has 2 aromatic rings. The summed E-state index contributed by atoms with van der Waals surface area (Å²) in [5, 5.41) is 11.4. The maximum absolute atomic E-state index is 11.9. The predicted octanol–water partition coefficient (Wildman–Crippen LogP) is 1.22. The van der Waals surface area contributed by atoms with E-state index in [1.807, 2.05) is 0 Å². The molecular weight excluding hydrogens is 246 g/mol. The van der Waals surface area contributed by atoms with Crippen LogP contribution in [-0.2, 0) is 4.79 Å². The minimum absolute atomic E-state index is 0.328. The molecule has 0 aliphatic carbocycles. The molecule has 1 heterocycles. The lowest BCUT2D eigenvalue weighted by Crippen LogP contribution is -2.40. The van der Waals surface area contributed by atoms with Gasteiger partial charge in [-0.15, -0.1) is 0 Å². The number of hydrogen-bond donors (Lipinski definition) is 2. The third-order valence-electron chi connectivity index (χ3n) is 2.74. The number of aromatic nitrogens is 2. The second kappa shape index (κ2) is 5.43. The minimum atomic E-state index is -1.04. The lowest BCUT2D eigenvalue weighted by Gasteiger charge is -2.12. The molecule has 0 unspecified atom stereocenters. The van der Waals surface area contributed by atoms with Gasteiger partial charge in [-0.1, -0.05) is 6.92 Å². The summed E-state index contributed by atoms with van der Waals surface area (Å²) in [6, 6.07) is 3.98. The summed E-state index contributed by atoms with van der Waals surface area (Å²) in [4.78, 5) is 31.0. The second-order valence-corrected chi connectivity index (χ2v) is 4.03. The lowest BCUT2D eigenvalue weighted by molar-refractivity contribution is -0.139. The van der Waals surface area contributed by atoms with E-state index in [1.165, 1.54) is 6.20 Å². The largest absolute Gasteiger partial charge is 0.480 e. The monoisotopic (exact) mass is 259 g/mol. The quantitative estimate of drug-likeness (QED) is 0.861. The molecule has 0 bridgehead atoms. The van der Waals surface area contributed by atoms with Crippen LogP contribution in [0.15, 0.2) is 30.6 Å². The van der Waals surface area contributed by atoms with E-state index in [4.69, 9.17) is 5.11 Å². The summed E-state index contributed by atoms with van der Waals surface area (Å²) in [7, 11) is 0. The molecule has 1 amide bonds. The molecule has 0 radical (unpaired) electrons. The number of amides is 1. The Balaban J connectivity index is 2.24. The van der Waals surface area contributed by atoms with Crippen LogP contribution >= 0.6 is 0 Å². The van der Waals surface area contributed by atoms with E-state index in [0.717, 1.165) is 0 Å². The highest BCUT2D eigenvalue weighted by Crippen LogP contribution is 2.11. The molecular formula is C13H13N3O3. The van der Waals surface area contributed by atoms with Crippen molar-refractivity contribution in [2.24, 2.45) is 0 Å². The summed E-state index contributed by atoms with van der Waals surface area (Å²) >= 11 is 0. The molecule has 6 heteroatoms. The molecule has 0 saturated heterocycles. The van der Waals surface area contributed by atoms with Crippen molar-refractivity contribution in [3.8, 4) is 0 Å². The third kappa shape index (κ3) is 2.85. The third-order valence-corrected chi connectivity index (χ3v) is 2.74. The Morgan fingerprint density at radius 2 is 1.95 bits per heavy atom. The molecule has 2 N–H and O–H groups in total. The van der Waals surface area contributed by atoms with E-state index in [2.05, 4.69) is 15.3 Å². The van der Waals surface area contributed by atoms with Gasteiger partial charge in [-0.05, 0) is 24.6 Å². The first kappa shape index (κ1) is 12.9. The van der Waals surface area contributed by atoms with Crippen LogP contribution in [0, 0.1) is 0 Å². The Morgan fingerprint density at radius 3 is 2.58 bits per heavy atom. The Labute approximate surface area is 109 Å². The zero-order chi connectivity index (χ0) is 13.8. The second-order valence-electron chi connectivity index (χ2n) is 4.03. The first-order valence-corrected chi connectivity index (χ1v) is 5.86. The smallest absolute Gasteiger partial charge is 0.326 e. The first-order valence-electron chi connectivity index (χ1n) is 5.86. The van der Waals surface area contributed by atoms with E-state index < -0.39 is 17.9 Å². The number of carbonyl (C=O) groups is 2. The summed E-state index contributed by atoms with van der Waals surface area (Å²) < 4.78 is 0. The molecule has 0 fully saturated rings. The summed E-state index contributed by atoms with van der Waals surface area (Å²) in [5.74, 6) is -1.47. The molecule has 1 atom stereocenters. The van der Waals surface area contributed by atoms with Gasteiger partial charge in [0.2, 0.25) is 0 Å². The Hall–Kier alpha value is -2.50. The number of carboxylic acid groups (broad SMARTS) is 1. The number of aliphatic carboxylic acids is 1. The van der Waals surface area contributed by atoms with Gasteiger partial charge in [-0.3, -0.25) is 14.8 Å². The predicted molar refractivity (Wildman–Crippen MR) is 68.7 cm³/mol. The van der Waals surface area contributed by atoms with Crippen LogP contribution < -0.4 is 5.32 Å². The van der Waals surface area contributed by atoms with Gasteiger partial charge in [0.05, 0.1) is 11.0 Å². The van der Waals surface area contributed by atoms with E-state index >= 15 is 0 Å². The van der Waals surface area contributed by atoms with E-state index in [1.54, 1.807) is 31.3 Å². The molecule has 1 aromatic heterocycles. The number of benzene rings is 1. The van der Waals surface area contributed by atoms with Gasteiger partial charge in [0.25, 0.3) is 5.91 Å². The molecule has 0 saturated carbocycles. The molecule has 98 valence electrons. The van der Waals surface area contributed by atoms with Crippen molar-refractivity contribution in [3.05, 3.63) is 36.2 Å². The van der Waals surface area contributed by atoms with Crippen LogP contribution in [0.2, 0.25) is 0 Å². The molecule has 0 aliphatic rings. The van der Waals surface area contributed by atoms with E-state index in [-0.39, 0.29) is 0 Å². The normalized spacial score (nSPS) is 12.1. The number of nitrogens with zero attached hydrogens (tertiary/aromatic N) is 2. The first-order chi connectivity index (χ1) is 9.11. The Bertz CT molecular complexity index is 627. The number of nitrogens with one attached hydrogen (secondary N) is 1. The van der Waals surface area contributed by atoms with Gasteiger partial charge < -0.3 is 10.4 Å². The number of carboxylic acids is 1. The van der Waals surface area contributed by atoms with Crippen molar-refractivity contribution in [2.75, 3.05) is 0 Å².